The number of amidine groups is 1. The molecule has 110 valence electrons. The summed E-state index contributed by atoms with van der Waals surface area (Å²) < 4.78 is 6.07. The van der Waals surface area contributed by atoms with Crippen molar-refractivity contribution in [2.75, 3.05) is 18.0 Å². The molecule has 0 aromatic carbocycles. The zero-order valence-corrected chi connectivity index (χ0v) is 12.4. The molecule has 1 aromatic heterocycles. The molecule has 6 nitrogen and oxygen atoms in total. The molecule has 1 aromatic rings. The maximum absolute atomic E-state index is 8.74. The highest BCUT2D eigenvalue weighted by atomic mass is 16.5. The van der Waals surface area contributed by atoms with E-state index in [4.69, 9.17) is 15.7 Å². The Kier molecular flexibility index (Phi) is 3.60. The molecule has 0 bridgehead atoms. The minimum atomic E-state index is -0.234. The van der Waals surface area contributed by atoms with Crippen LogP contribution in [0.2, 0.25) is 0 Å². The summed E-state index contributed by atoms with van der Waals surface area (Å²) in [5.74, 6) is 0.0126. The number of pyridine rings is 1. The van der Waals surface area contributed by atoms with Gasteiger partial charge in [-0.25, -0.2) is 0 Å². The van der Waals surface area contributed by atoms with Crippen LogP contribution in [0.4, 0.5) is 5.69 Å². The lowest BCUT2D eigenvalue weighted by atomic mass is 9.98. The lowest BCUT2D eigenvalue weighted by molar-refractivity contribution is -0.133. The van der Waals surface area contributed by atoms with Crippen LogP contribution in [-0.2, 0) is 4.74 Å². The smallest absolute Gasteiger partial charge is 0.188 e. The molecule has 2 rings (SSSR count). The van der Waals surface area contributed by atoms with Gasteiger partial charge in [0.2, 0.25) is 0 Å². The van der Waals surface area contributed by atoms with E-state index in [-0.39, 0.29) is 17.0 Å². The number of morpholine rings is 1. The molecule has 1 aliphatic rings. The summed E-state index contributed by atoms with van der Waals surface area (Å²) in [6.07, 6.45) is 1.66. The van der Waals surface area contributed by atoms with Gasteiger partial charge in [-0.3, -0.25) is 4.98 Å². The molecule has 3 N–H and O–H groups in total. The minimum absolute atomic E-state index is 0.0126. The Labute approximate surface area is 119 Å². The van der Waals surface area contributed by atoms with Crippen molar-refractivity contribution in [1.82, 2.24) is 4.98 Å². The molecule has 0 spiro atoms. The van der Waals surface area contributed by atoms with Gasteiger partial charge in [-0.05, 0) is 39.8 Å². The van der Waals surface area contributed by atoms with E-state index >= 15 is 0 Å². The van der Waals surface area contributed by atoms with Crippen molar-refractivity contribution in [1.29, 1.82) is 0 Å². The van der Waals surface area contributed by atoms with Gasteiger partial charge < -0.3 is 20.6 Å². The van der Waals surface area contributed by atoms with Gasteiger partial charge in [0.25, 0.3) is 0 Å². The first-order valence-electron chi connectivity index (χ1n) is 6.61. The van der Waals surface area contributed by atoms with Crippen molar-refractivity contribution in [3.8, 4) is 0 Å². The SMILES string of the molecule is CC1(C)CN(c2ccnc(/C(N)=N/O)c2)CC(C)(C)O1. The van der Waals surface area contributed by atoms with Gasteiger partial charge >= 0.3 is 0 Å². The molecule has 0 aliphatic carbocycles. The summed E-state index contributed by atoms with van der Waals surface area (Å²) in [5, 5.41) is 11.7. The Morgan fingerprint density at radius 1 is 1.35 bits per heavy atom. The van der Waals surface area contributed by atoms with Crippen LogP contribution in [0, 0.1) is 0 Å². The highest BCUT2D eigenvalue weighted by Gasteiger charge is 2.38. The van der Waals surface area contributed by atoms with Crippen molar-refractivity contribution >= 4 is 11.5 Å². The largest absolute Gasteiger partial charge is 0.409 e. The van der Waals surface area contributed by atoms with E-state index in [9.17, 15) is 0 Å². The standard InChI is InChI=1S/C14H22N4O2/c1-13(2)8-18(9-14(3,4)20-13)10-5-6-16-11(7-10)12(15)17-19/h5-7,19H,8-9H2,1-4H3,(H2,15,17). The van der Waals surface area contributed by atoms with Gasteiger partial charge in [0.15, 0.2) is 5.84 Å². The van der Waals surface area contributed by atoms with Crippen LogP contribution in [-0.4, -0.2) is 40.3 Å². The average molecular weight is 278 g/mol. The number of hydrogen-bond acceptors (Lipinski definition) is 5. The third-order valence-corrected chi connectivity index (χ3v) is 3.17. The van der Waals surface area contributed by atoms with Crippen molar-refractivity contribution in [2.24, 2.45) is 10.9 Å². The van der Waals surface area contributed by atoms with Gasteiger partial charge in [-0.2, -0.15) is 0 Å². The Bertz CT molecular complexity index is 510. The van der Waals surface area contributed by atoms with Crippen molar-refractivity contribution in [3.63, 3.8) is 0 Å². The predicted molar refractivity (Wildman–Crippen MR) is 78.2 cm³/mol. The van der Waals surface area contributed by atoms with E-state index < -0.39 is 0 Å². The lowest BCUT2D eigenvalue weighted by Crippen LogP contribution is -2.57. The van der Waals surface area contributed by atoms with Crippen molar-refractivity contribution in [2.45, 2.75) is 38.9 Å². The summed E-state index contributed by atoms with van der Waals surface area (Å²) in [5.41, 5.74) is 6.58. The average Bonchev–Trinajstić information content (AvgIpc) is 2.34. The molecule has 0 amide bonds. The highest BCUT2D eigenvalue weighted by molar-refractivity contribution is 5.95. The first-order chi connectivity index (χ1) is 9.22. The van der Waals surface area contributed by atoms with Crippen molar-refractivity contribution < 1.29 is 9.94 Å². The molecule has 20 heavy (non-hydrogen) atoms. The van der Waals surface area contributed by atoms with Gasteiger partial charge in [0, 0.05) is 25.0 Å². The summed E-state index contributed by atoms with van der Waals surface area (Å²) in [6, 6.07) is 3.75. The van der Waals surface area contributed by atoms with E-state index in [0.29, 0.717) is 5.69 Å². The second-order valence-corrected chi connectivity index (χ2v) is 6.36. The zero-order chi connectivity index (χ0) is 15.0. The summed E-state index contributed by atoms with van der Waals surface area (Å²) in [6.45, 7) is 9.85. The quantitative estimate of drug-likeness (QED) is 0.371. The first kappa shape index (κ1) is 14.6. The van der Waals surface area contributed by atoms with E-state index in [1.807, 2.05) is 12.1 Å². The Morgan fingerprint density at radius 3 is 2.50 bits per heavy atom. The van der Waals surface area contributed by atoms with Crippen LogP contribution >= 0.6 is 0 Å². The number of nitrogens with two attached hydrogens (primary N) is 1. The Hall–Kier alpha value is -1.82. The minimum Gasteiger partial charge on any atom is -0.409 e. The number of oxime groups is 1. The molecule has 1 saturated heterocycles. The van der Waals surface area contributed by atoms with Crippen LogP contribution in [0.25, 0.3) is 0 Å². The molecule has 2 heterocycles. The van der Waals surface area contributed by atoms with Crippen LogP contribution < -0.4 is 10.6 Å². The third-order valence-electron chi connectivity index (χ3n) is 3.17. The van der Waals surface area contributed by atoms with E-state index in [0.717, 1.165) is 18.8 Å². The van der Waals surface area contributed by atoms with Gasteiger partial charge in [0.1, 0.15) is 5.69 Å². The monoisotopic (exact) mass is 278 g/mol. The zero-order valence-electron chi connectivity index (χ0n) is 12.4. The maximum atomic E-state index is 8.74. The second-order valence-electron chi connectivity index (χ2n) is 6.36. The van der Waals surface area contributed by atoms with E-state index in [1.54, 1.807) is 6.20 Å². The topological polar surface area (TPSA) is 84.0 Å². The summed E-state index contributed by atoms with van der Waals surface area (Å²) >= 11 is 0. The fourth-order valence-corrected chi connectivity index (χ4v) is 2.78. The van der Waals surface area contributed by atoms with Crippen molar-refractivity contribution in [3.05, 3.63) is 24.0 Å². The van der Waals surface area contributed by atoms with Gasteiger partial charge in [0.05, 0.1) is 11.2 Å². The molecule has 0 unspecified atom stereocenters. The molecule has 0 saturated carbocycles. The molecule has 6 heteroatoms. The second kappa shape index (κ2) is 4.94. The number of hydrogen-bond donors (Lipinski definition) is 2. The predicted octanol–water partition coefficient (Wildman–Crippen LogP) is 1.57. The van der Waals surface area contributed by atoms with Crippen LogP contribution in [0.1, 0.15) is 33.4 Å². The summed E-state index contributed by atoms with van der Waals surface area (Å²) in [4.78, 5) is 6.34. The molecule has 0 radical (unpaired) electrons. The fraction of sp³-hybridized carbons (Fsp3) is 0.571. The van der Waals surface area contributed by atoms with E-state index in [2.05, 4.69) is 42.7 Å². The highest BCUT2D eigenvalue weighted by Crippen LogP contribution is 2.31. The number of aromatic nitrogens is 1. The number of nitrogens with zero attached hydrogens (tertiary/aromatic N) is 3. The Morgan fingerprint density at radius 2 is 1.95 bits per heavy atom. The molecule has 1 aliphatic heterocycles. The first-order valence-corrected chi connectivity index (χ1v) is 6.61. The van der Waals surface area contributed by atoms with Crippen LogP contribution in [0.15, 0.2) is 23.5 Å². The number of anilines is 1. The van der Waals surface area contributed by atoms with E-state index in [1.165, 1.54) is 0 Å². The number of ether oxygens (including phenoxy) is 1. The van der Waals surface area contributed by atoms with Gasteiger partial charge in [-0.1, -0.05) is 5.16 Å². The lowest BCUT2D eigenvalue weighted by Gasteiger charge is -2.48. The maximum Gasteiger partial charge on any atom is 0.188 e. The fourth-order valence-electron chi connectivity index (χ4n) is 2.78. The molecule has 0 atom stereocenters. The molecule has 1 fully saturated rings. The molecular formula is C14H22N4O2. The molecular weight excluding hydrogens is 256 g/mol. The Balaban J connectivity index is 2.31. The third kappa shape index (κ3) is 3.19. The normalized spacial score (nSPS) is 21.8. The number of rotatable bonds is 2. The van der Waals surface area contributed by atoms with Gasteiger partial charge in [-0.15, -0.1) is 0 Å². The van der Waals surface area contributed by atoms with Crippen LogP contribution in [0.3, 0.4) is 0 Å². The summed E-state index contributed by atoms with van der Waals surface area (Å²) in [7, 11) is 0. The van der Waals surface area contributed by atoms with Crippen LogP contribution in [0.5, 0.6) is 0 Å².